The molecule has 42 heavy (non-hydrogen) atoms. The Morgan fingerprint density at radius 1 is 0.929 bits per heavy atom. The first-order valence-electron chi connectivity index (χ1n) is 14.9. The number of carbonyl (C=O) groups excluding carboxylic acids is 1. The first-order valence-corrected chi connectivity index (χ1v) is 15.7. The second-order valence-corrected chi connectivity index (χ2v) is 12.9. The highest BCUT2D eigenvalue weighted by atomic mass is 35.5. The lowest BCUT2D eigenvalue weighted by Gasteiger charge is -2.44. The summed E-state index contributed by atoms with van der Waals surface area (Å²) >= 11 is 12.4. The number of esters is 1. The van der Waals surface area contributed by atoms with Gasteiger partial charge in [0.25, 0.3) is 0 Å². The summed E-state index contributed by atoms with van der Waals surface area (Å²) in [7, 11) is 5.81. The standard InChI is InChI=1S/C35H41Cl2N3O2/c1-39(2)32(28-15-19-31(37)20-16-28)27-11-13-29(14-12-27)33-35(34(41)42-3,23-26-9-17-30(36)18-10-26)38-24-40(33)22-21-25-7-5-4-6-8-25/h4-10,15-20,24,27,29,32-33H,11-14,21-23H2,1-3H3. The van der Waals surface area contributed by atoms with E-state index in [1.54, 1.807) is 0 Å². The second-order valence-electron chi connectivity index (χ2n) is 12.0. The van der Waals surface area contributed by atoms with Crippen LogP contribution in [0, 0.1) is 11.8 Å². The van der Waals surface area contributed by atoms with Gasteiger partial charge in [0.05, 0.1) is 19.5 Å². The summed E-state index contributed by atoms with van der Waals surface area (Å²) in [6.07, 6.45) is 7.49. The molecule has 3 atom stereocenters. The van der Waals surface area contributed by atoms with Gasteiger partial charge in [-0.25, -0.2) is 4.79 Å². The third kappa shape index (κ3) is 6.69. The molecule has 0 amide bonds. The number of hydrogen-bond donors (Lipinski definition) is 0. The minimum Gasteiger partial charge on any atom is -0.467 e. The van der Waals surface area contributed by atoms with Gasteiger partial charge in [0, 0.05) is 29.1 Å². The first kappa shape index (κ1) is 30.6. The van der Waals surface area contributed by atoms with Crippen molar-refractivity contribution < 1.29 is 9.53 Å². The number of rotatable bonds is 10. The van der Waals surface area contributed by atoms with Gasteiger partial charge in [-0.05, 0) is 99.0 Å². The van der Waals surface area contributed by atoms with E-state index in [0.29, 0.717) is 29.3 Å². The van der Waals surface area contributed by atoms with Crippen LogP contribution < -0.4 is 0 Å². The van der Waals surface area contributed by atoms with Crippen LogP contribution in [0.25, 0.3) is 0 Å². The summed E-state index contributed by atoms with van der Waals surface area (Å²) in [6.45, 7) is 0.794. The van der Waals surface area contributed by atoms with Crippen molar-refractivity contribution in [3.8, 4) is 0 Å². The number of nitrogens with zero attached hydrogens (tertiary/aromatic N) is 3. The number of halogens is 2. The van der Waals surface area contributed by atoms with Crippen molar-refractivity contribution in [2.24, 2.45) is 16.8 Å². The molecule has 5 rings (SSSR count). The van der Waals surface area contributed by atoms with Crippen LogP contribution in [0.15, 0.2) is 83.9 Å². The average molecular weight is 607 g/mol. The Labute approximate surface area is 260 Å². The molecule has 0 saturated heterocycles. The zero-order chi connectivity index (χ0) is 29.7. The third-order valence-corrected chi connectivity index (χ3v) is 9.69. The van der Waals surface area contributed by atoms with Crippen LogP contribution >= 0.6 is 23.2 Å². The van der Waals surface area contributed by atoms with E-state index >= 15 is 0 Å². The number of aliphatic imine (C=N–C) groups is 1. The minimum absolute atomic E-state index is 0.0846. The predicted octanol–water partition coefficient (Wildman–Crippen LogP) is 7.51. The molecule has 1 aliphatic carbocycles. The molecule has 3 aromatic rings. The number of carbonyl (C=O) groups is 1. The second kappa shape index (κ2) is 13.6. The minimum atomic E-state index is -1.01. The highest BCUT2D eigenvalue weighted by Gasteiger charge is 2.55. The third-order valence-electron chi connectivity index (χ3n) is 9.19. The monoisotopic (exact) mass is 605 g/mol. The van der Waals surface area contributed by atoms with Gasteiger partial charge in [-0.3, -0.25) is 4.99 Å². The summed E-state index contributed by atoms with van der Waals surface area (Å²) in [4.78, 5) is 23.4. The van der Waals surface area contributed by atoms with Gasteiger partial charge in [0.15, 0.2) is 5.54 Å². The summed E-state index contributed by atoms with van der Waals surface area (Å²) in [6, 6.07) is 26.8. The zero-order valence-corrected chi connectivity index (χ0v) is 26.3. The molecule has 1 fully saturated rings. The van der Waals surface area contributed by atoms with Crippen molar-refractivity contribution in [3.63, 3.8) is 0 Å². The van der Waals surface area contributed by atoms with Crippen LogP contribution in [-0.2, 0) is 22.4 Å². The lowest BCUT2D eigenvalue weighted by Crippen LogP contribution is -2.57. The Morgan fingerprint density at radius 3 is 2.14 bits per heavy atom. The fourth-order valence-electron chi connectivity index (χ4n) is 7.27. The summed E-state index contributed by atoms with van der Waals surface area (Å²) in [5.41, 5.74) is 2.60. The van der Waals surface area contributed by atoms with Gasteiger partial charge in [-0.2, -0.15) is 0 Å². The molecule has 222 valence electrons. The van der Waals surface area contributed by atoms with Gasteiger partial charge in [0.1, 0.15) is 0 Å². The van der Waals surface area contributed by atoms with Crippen molar-refractivity contribution >= 4 is 35.5 Å². The van der Waals surface area contributed by atoms with Crippen molar-refractivity contribution in [1.29, 1.82) is 0 Å². The largest absolute Gasteiger partial charge is 0.467 e. The van der Waals surface area contributed by atoms with Crippen molar-refractivity contribution in [1.82, 2.24) is 9.80 Å². The maximum absolute atomic E-state index is 13.7. The Kier molecular flexibility index (Phi) is 9.92. The molecule has 3 aromatic carbocycles. The lowest BCUT2D eigenvalue weighted by molar-refractivity contribution is -0.149. The summed E-state index contributed by atoms with van der Waals surface area (Å²) in [5.74, 6) is 0.552. The van der Waals surface area contributed by atoms with Gasteiger partial charge in [-0.1, -0.05) is 77.8 Å². The maximum atomic E-state index is 13.7. The smallest absolute Gasteiger partial charge is 0.336 e. The van der Waals surface area contributed by atoms with E-state index < -0.39 is 5.54 Å². The number of hydrogen-bond acceptors (Lipinski definition) is 5. The van der Waals surface area contributed by atoms with Gasteiger partial charge < -0.3 is 14.5 Å². The van der Waals surface area contributed by atoms with Gasteiger partial charge in [0.2, 0.25) is 0 Å². The molecule has 0 bridgehead atoms. The van der Waals surface area contributed by atoms with Crippen molar-refractivity contribution in [2.75, 3.05) is 27.7 Å². The molecular weight excluding hydrogens is 565 g/mol. The average Bonchev–Trinajstić information content (AvgIpc) is 3.37. The van der Waals surface area contributed by atoms with E-state index in [9.17, 15) is 4.79 Å². The Balaban J connectivity index is 1.41. The molecule has 2 aliphatic rings. The van der Waals surface area contributed by atoms with Crippen LogP contribution in [0.1, 0.15) is 48.4 Å². The quantitative estimate of drug-likeness (QED) is 0.224. The Morgan fingerprint density at radius 2 is 1.55 bits per heavy atom. The lowest BCUT2D eigenvalue weighted by atomic mass is 9.68. The van der Waals surface area contributed by atoms with Crippen molar-refractivity contribution in [2.45, 2.75) is 56.1 Å². The van der Waals surface area contributed by atoms with Crippen molar-refractivity contribution in [3.05, 3.63) is 106 Å². The van der Waals surface area contributed by atoms with Crippen LogP contribution in [-0.4, -0.2) is 61.4 Å². The maximum Gasteiger partial charge on any atom is 0.336 e. The molecule has 1 aliphatic heterocycles. The van der Waals surface area contributed by atoms with E-state index in [0.717, 1.165) is 49.2 Å². The molecule has 0 N–H and O–H groups in total. The Bertz CT molecular complexity index is 1340. The number of ether oxygens (including phenoxy) is 1. The molecule has 5 nitrogen and oxygen atoms in total. The molecule has 7 heteroatoms. The fourth-order valence-corrected chi connectivity index (χ4v) is 7.53. The molecule has 1 heterocycles. The molecule has 1 saturated carbocycles. The van der Waals surface area contributed by atoms with E-state index in [2.05, 4.69) is 60.3 Å². The normalized spacial score (nSPS) is 24.6. The number of benzene rings is 3. The summed E-state index contributed by atoms with van der Waals surface area (Å²) in [5, 5.41) is 1.44. The van der Waals surface area contributed by atoms with Gasteiger partial charge in [-0.15, -0.1) is 0 Å². The van der Waals surface area contributed by atoms with E-state index in [1.165, 1.54) is 18.2 Å². The summed E-state index contributed by atoms with van der Waals surface area (Å²) < 4.78 is 5.50. The topological polar surface area (TPSA) is 45.1 Å². The predicted molar refractivity (Wildman–Crippen MR) is 172 cm³/mol. The van der Waals surface area contributed by atoms with Crippen LogP contribution in [0.5, 0.6) is 0 Å². The van der Waals surface area contributed by atoms with Crippen LogP contribution in [0.4, 0.5) is 0 Å². The first-order chi connectivity index (χ1) is 20.3. The molecule has 3 unspecified atom stereocenters. The van der Waals surface area contributed by atoms with Crippen LogP contribution in [0.2, 0.25) is 10.0 Å². The fraction of sp³-hybridized carbons (Fsp3) is 0.429. The van der Waals surface area contributed by atoms with Gasteiger partial charge >= 0.3 is 5.97 Å². The van der Waals surface area contributed by atoms with E-state index in [1.807, 2.05) is 48.8 Å². The van der Waals surface area contributed by atoms with Crippen LogP contribution in [0.3, 0.4) is 0 Å². The van der Waals surface area contributed by atoms with E-state index in [-0.39, 0.29) is 12.0 Å². The SMILES string of the molecule is COC(=O)C1(Cc2ccc(Cl)cc2)N=CN(CCc2ccccc2)C1C1CCC(C(c2ccc(Cl)cc2)N(C)C)CC1. The van der Waals surface area contributed by atoms with E-state index in [4.69, 9.17) is 32.9 Å². The molecule has 0 radical (unpaired) electrons. The highest BCUT2D eigenvalue weighted by molar-refractivity contribution is 6.30. The Hall–Kier alpha value is -2.86. The zero-order valence-electron chi connectivity index (χ0n) is 24.8. The molecule has 0 spiro atoms. The highest BCUT2D eigenvalue weighted by Crippen LogP contribution is 2.46. The number of methoxy groups -OCH3 is 1. The molecule has 0 aromatic heterocycles. The molecular formula is C35H41Cl2N3O2.